The van der Waals surface area contributed by atoms with Crippen molar-refractivity contribution in [3.8, 4) is 9.88 Å². The summed E-state index contributed by atoms with van der Waals surface area (Å²) < 4.78 is 1.10. The van der Waals surface area contributed by atoms with E-state index < -0.39 is 0 Å². The molecule has 0 spiro atoms. The molecule has 3 aromatic rings. The molecule has 0 aliphatic carbocycles. The van der Waals surface area contributed by atoms with E-state index in [4.69, 9.17) is 0 Å². The molecule has 1 amide bonds. The van der Waals surface area contributed by atoms with Crippen LogP contribution in [0.1, 0.15) is 16.1 Å². The first-order valence-corrected chi connectivity index (χ1v) is 11.0. The summed E-state index contributed by atoms with van der Waals surface area (Å²) in [6, 6.07) is 12.4. The van der Waals surface area contributed by atoms with Gasteiger partial charge in [0, 0.05) is 29.8 Å². The van der Waals surface area contributed by atoms with Gasteiger partial charge in [-0.3, -0.25) is 4.79 Å². The third-order valence-electron chi connectivity index (χ3n) is 4.47. The number of rotatable bonds is 5. The van der Waals surface area contributed by atoms with Gasteiger partial charge in [-0.1, -0.05) is 28.1 Å². The topological polar surface area (TPSA) is 45.2 Å². The highest BCUT2D eigenvalue weighted by Crippen LogP contribution is 2.29. The standard InChI is InChI=1S/C19H18BrN3OS2/c20-14-3-1-4-15(9-14)23-7-6-13(12-23)10-21-18(24)17-11-22-19(26-17)16-5-2-8-25-16/h1-5,8-9,11,13H,6-7,10,12H2,(H,21,24). The molecule has 26 heavy (non-hydrogen) atoms. The molecule has 0 saturated carbocycles. The zero-order valence-electron chi connectivity index (χ0n) is 14.0. The number of hydrogen-bond acceptors (Lipinski definition) is 5. The van der Waals surface area contributed by atoms with Crippen molar-refractivity contribution in [1.29, 1.82) is 0 Å². The van der Waals surface area contributed by atoms with Crippen LogP contribution in [0.2, 0.25) is 0 Å². The summed E-state index contributed by atoms with van der Waals surface area (Å²) in [6.07, 6.45) is 2.77. The number of nitrogens with zero attached hydrogens (tertiary/aromatic N) is 2. The van der Waals surface area contributed by atoms with Crippen LogP contribution in [-0.2, 0) is 0 Å². The lowest BCUT2D eigenvalue weighted by molar-refractivity contribution is 0.0952. The number of benzene rings is 1. The summed E-state index contributed by atoms with van der Waals surface area (Å²) in [5.41, 5.74) is 1.23. The summed E-state index contributed by atoms with van der Waals surface area (Å²) >= 11 is 6.62. The first-order chi connectivity index (χ1) is 12.7. The summed E-state index contributed by atoms with van der Waals surface area (Å²) in [5, 5.41) is 6.01. The van der Waals surface area contributed by atoms with Gasteiger partial charge in [-0.25, -0.2) is 4.98 Å². The molecule has 1 aliphatic rings. The number of aromatic nitrogens is 1. The molecule has 0 bridgehead atoms. The minimum Gasteiger partial charge on any atom is -0.371 e. The molecule has 134 valence electrons. The molecule has 1 fully saturated rings. The molecule has 4 rings (SSSR count). The maximum absolute atomic E-state index is 12.4. The van der Waals surface area contributed by atoms with Crippen molar-refractivity contribution in [3.05, 3.63) is 57.3 Å². The second-order valence-electron chi connectivity index (χ2n) is 6.30. The Kier molecular flexibility index (Phi) is 5.38. The van der Waals surface area contributed by atoms with Gasteiger partial charge in [0.05, 0.1) is 11.1 Å². The number of anilines is 1. The van der Waals surface area contributed by atoms with Gasteiger partial charge in [0.25, 0.3) is 5.91 Å². The normalized spacial score (nSPS) is 16.8. The Balaban J connectivity index is 1.31. The van der Waals surface area contributed by atoms with Crippen LogP contribution in [-0.4, -0.2) is 30.5 Å². The van der Waals surface area contributed by atoms with Crippen LogP contribution >= 0.6 is 38.6 Å². The fourth-order valence-electron chi connectivity index (χ4n) is 3.12. The fourth-order valence-corrected chi connectivity index (χ4v) is 5.15. The molecule has 3 heterocycles. The van der Waals surface area contributed by atoms with E-state index in [1.165, 1.54) is 17.0 Å². The maximum Gasteiger partial charge on any atom is 0.263 e. The Bertz CT molecular complexity index is 894. The number of amides is 1. The minimum atomic E-state index is -0.0220. The number of carbonyl (C=O) groups is 1. The van der Waals surface area contributed by atoms with Crippen molar-refractivity contribution >= 4 is 50.2 Å². The van der Waals surface area contributed by atoms with E-state index in [1.54, 1.807) is 17.5 Å². The highest BCUT2D eigenvalue weighted by atomic mass is 79.9. The van der Waals surface area contributed by atoms with Crippen molar-refractivity contribution in [2.75, 3.05) is 24.5 Å². The predicted octanol–water partition coefficient (Wildman–Crippen LogP) is 4.89. The first kappa shape index (κ1) is 17.7. The first-order valence-electron chi connectivity index (χ1n) is 8.47. The van der Waals surface area contributed by atoms with Crippen LogP contribution in [0, 0.1) is 5.92 Å². The van der Waals surface area contributed by atoms with Crippen molar-refractivity contribution in [1.82, 2.24) is 10.3 Å². The van der Waals surface area contributed by atoms with Crippen molar-refractivity contribution in [2.45, 2.75) is 6.42 Å². The third-order valence-corrected chi connectivity index (χ3v) is 7.00. The molecule has 7 heteroatoms. The van der Waals surface area contributed by atoms with Crippen LogP contribution in [0.15, 0.2) is 52.4 Å². The summed E-state index contributed by atoms with van der Waals surface area (Å²) in [5.74, 6) is 0.453. The molecule has 2 aromatic heterocycles. The molecule has 0 radical (unpaired) electrons. The molecule has 1 aliphatic heterocycles. The molecule has 1 N–H and O–H groups in total. The minimum absolute atomic E-state index is 0.0220. The Labute approximate surface area is 169 Å². The van der Waals surface area contributed by atoms with Crippen LogP contribution in [0.5, 0.6) is 0 Å². The van der Waals surface area contributed by atoms with Crippen molar-refractivity contribution < 1.29 is 4.79 Å². The second-order valence-corrected chi connectivity index (χ2v) is 9.19. The zero-order chi connectivity index (χ0) is 17.9. The number of nitrogens with one attached hydrogen (secondary N) is 1. The Morgan fingerprint density at radius 3 is 3.08 bits per heavy atom. The molecule has 1 aromatic carbocycles. The highest BCUT2D eigenvalue weighted by Gasteiger charge is 2.23. The van der Waals surface area contributed by atoms with Crippen LogP contribution < -0.4 is 10.2 Å². The Hall–Kier alpha value is -1.70. The number of thiazole rings is 1. The van der Waals surface area contributed by atoms with E-state index in [0.717, 1.165) is 33.9 Å². The summed E-state index contributed by atoms with van der Waals surface area (Å²) in [4.78, 5) is 21.0. The van der Waals surface area contributed by atoms with Gasteiger partial charge in [-0.05, 0) is 42.0 Å². The zero-order valence-corrected chi connectivity index (χ0v) is 17.2. The highest BCUT2D eigenvalue weighted by molar-refractivity contribution is 9.10. The summed E-state index contributed by atoms with van der Waals surface area (Å²) in [7, 11) is 0. The monoisotopic (exact) mass is 447 g/mol. The number of carbonyl (C=O) groups excluding carboxylic acids is 1. The Morgan fingerprint density at radius 2 is 2.27 bits per heavy atom. The van der Waals surface area contributed by atoms with E-state index >= 15 is 0 Å². The molecular weight excluding hydrogens is 430 g/mol. The third kappa shape index (κ3) is 4.00. The largest absolute Gasteiger partial charge is 0.371 e. The molecule has 1 atom stereocenters. The number of thiophene rings is 1. The molecule has 1 saturated heterocycles. The lowest BCUT2D eigenvalue weighted by atomic mass is 10.1. The number of hydrogen-bond donors (Lipinski definition) is 1. The van der Waals surface area contributed by atoms with Crippen LogP contribution in [0.3, 0.4) is 0 Å². The van der Waals surface area contributed by atoms with E-state index in [0.29, 0.717) is 17.3 Å². The van der Waals surface area contributed by atoms with Crippen LogP contribution in [0.4, 0.5) is 5.69 Å². The van der Waals surface area contributed by atoms with Gasteiger partial charge >= 0.3 is 0 Å². The van der Waals surface area contributed by atoms with Gasteiger partial charge in [0.1, 0.15) is 9.88 Å². The predicted molar refractivity (Wildman–Crippen MR) is 112 cm³/mol. The van der Waals surface area contributed by atoms with Gasteiger partial charge in [-0.2, -0.15) is 0 Å². The van der Waals surface area contributed by atoms with Crippen molar-refractivity contribution in [3.63, 3.8) is 0 Å². The second kappa shape index (κ2) is 7.90. The average molecular weight is 448 g/mol. The molecular formula is C19H18BrN3OS2. The SMILES string of the molecule is O=C(NCC1CCN(c2cccc(Br)c2)C1)c1cnc(-c2cccs2)s1. The Morgan fingerprint density at radius 1 is 1.35 bits per heavy atom. The average Bonchev–Trinajstić information content (AvgIpc) is 3.40. The smallest absolute Gasteiger partial charge is 0.263 e. The van der Waals surface area contributed by atoms with E-state index in [-0.39, 0.29) is 5.91 Å². The van der Waals surface area contributed by atoms with Crippen molar-refractivity contribution in [2.24, 2.45) is 5.92 Å². The van der Waals surface area contributed by atoms with Gasteiger partial charge in [0.15, 0.2) is 0 Å². The van der Waals surface area contributed by atoms with Gasteiger partial charge < -0.3 is 10.2 Å². The lowest BCUT2D eigenvalue weighted by Gasteiger charge is -2.19. The van der Waals surface area contributed by atoms with Gasteiger partial charge in [0.2, 0.25) is 0 Å². The van der Waals surface area contributed by atoms with E-state index in [2.05, 4.69) is 49.3 Å². The fraction of sp³-hybridized carbons (Fsp3) is 0.263. The van der Waals surface area contributed by atoms with Gasteiger partial charge in [-0.15, -0.1) is 22.7 Å². The lowest BCUT2D eigenvalue weighted by Crippen LogP contribution is -2.30. The van der Waals surface area contributed by atoms with E-state index in [9.17, 15) is 4.79 Å². The van der Waals surface area contributed by atoms with E-state index in [1.807, 2.05) is 23.6 Å². The quantitative estimate of drug-likeness (QED) is 0.605. The number of halogens is 1. The maximum atomic E-state index is 12.4. The summed E-state index contributed by atoms with van der Waals surface area (Å²) in [6.45, 7) is 2.70. The van der Waals surface area contributed by atoms with Crippen LogP contribution in [0.25, 0.3) is 9.88 Å². The molecule has 4 nitrogen and oxygen atoms in total. The molecule has 1 unspecified atom stereocenters.